The highest BCUT2D eigenvalue weighted by Crippen LogP contribution is 2.20. The van der Waals surface area contributed by atoms with Crippen molar-refractivity contribution in [2.24, 2.45) is 0 Å². The molecule has 1 N–H and O–H groups in total. The minimum atomic E-state index is -3.24. The third-order valence-corrected chi connectivity index (χ3v) is 3.24. The normalized spacial score (nSPS) is 12.1. The molecule has 3 nitrogen and oxygen atoms in total. The summed E-state index contributed by atoms with van der Waals surface area (Å²) in [5.41, 5.74) is 1.60. The van der Waals surface area contributed by atoms with Crippen molar-refractivity contribution in [3.05, 3.63) is 42.0 Å². The number of H-pyrrole nitrogens is 1. The molecule has 1 radical (unpaired) electrons. The van der Waals surface area contributed by atoms with Crippen LogP contribution in [0, 0.1) is 12.1 Å². The summed E-state index contributed by atoms with van der Waals surface area (Å²) in [7, 11) is -3.24. The van der Waals surface area contributed by atoms with Crippen molar-refractivity contribution in [1.82, 2.24) is 4.98 Å². The highest BCUT2D eigenvalue weighted by atomic mass is 32.2. The van der Waals surface area contributed by atoms with E-state index in [0.717, 1.165) is 16.5 Å². The van der Waals surface area contributed by atoms with Gasteiger partial charge in [0.05, 0.1) is 12.0 Å². The van der Waals surface area contributed by atoms with Crippen LogP contribution in [0.15, 0.2) is 24.4 Å². The van der Waals surface area contributed by atoms with Crippen LogP contribution in [0.2, 0.25) is 0 Å². The van der Waals surface area contributed by atoms with Gasteiger partial charge < -0.3 is 4.98 Å². The van der Waals surface area contributed by atoms with Gasteiger partial charge in [0, 0.05) is 17.1 Å². The number of benzene rings is 1. The molecule has 2 aromatic rings. The van der Waals surface area contributed by atoms with E-state index in [-0.39, 0.29) is 11.6 Å². The maximum atomic E-state index is 13.0. The molecule has 0 saturated heterocycles. The van der Waals surface area contributed by atoms with E-state index in [1.54, 1.807) is 12.3 Å². The Hall–Kier alpha value is -1.36. The highest BCUT2D eigenvalue weighted by molar-refractivity contribution is 7.92. The number of aromatic amines is 1. The summed E-state index contributed by atoms with van der Waals surface area (Å²) in [5.74, 6) is -0.359. The maximum Gasteiger partial charge on any atom is 0.151 e. The zero-order valence-corrected chi connectivity index (χ0v) is 9.35. The molecule has 2 rings (SSSR count). The number of nitrogens with one attached hydrogen (secondary N) is 1. The topological polar surface area (TPSA) is 49.9 Å². The summed E-state index contributed by atoms with van der Waals surface area (Å²) < 4.78 is 34.9. The Labute approximate surface area is 93.2 Å². The molecule has 0 aliphatic carbocycles. The lowest BCUT2D eigenvalue weighted by atomic mass is 10.1. The second-order valence-corrected chi connectivity index (χ2v) is 5.60. The van der Waals surface area contributed by atoms with Gasteiger partial charge in [0.1, 0.15) is 5.82 Å². The average molecular weight is 240 g/mol. The summed E-state index contributed by atoms with van der Waals surface area (Å²) >= 11 is 0. The molecule has 0 bridgehead atoms. The molecule has 0 atom stereocenters. The number of sulfone groups is 1. The fourth-order valence-electron chi connectivity index (χ4n) is 1.62. The van der Waals surface area contributed by atoms with Crippen LogP contribution in [-0.2, 0) is 16.3 Å². The monoisotopic (exact) mass is 240 g/mol. The summed E-state index contributed by atoms with van der Waals surface area (Å²) in [6.45, 7) is 0. The minimum absolute atomic E-state index is 0.0313. The molecule has 0 aliphatic rings. The number of hydrogen-bond donors (Lipinski definition) is 1. The lowest BCUT2D eigenvalue weighted by molar-refractivity contribution is 0.603. The van der Waals surface area contributed by atoms with Crippen LogP contribution in [0.5, 0.6) is 0 Å². The van der Waals surface area contributed by atoms with Crippen LogP contribution >= 0.6 is 0 Å². The number of hydrogen-bond acceptors (Lipinski definition) is 2. The Morgan fingerprint density at radius 1 is 1.38 bits per heavy atom. The van der Waals surface area contributed by atoms with E-state index >= 15 is 0 Å². The highest BCUT2D eigenvalue weighted by Gasteiger charge is 2.08. The number of rotatable bonds is 3. The van der Waals surface area contributed by atoms with Crippen molar-refractivity contribution < 1.29 is 12.8 Å². The number of aryl methyl sites for hydroxylation is 1. The van der Waals surface area contributed by atoms with Crippen molar-refractivity contribution >= 4 is 20.7 Å². The van der Waals surface area contributed by atoms with Crippen LogP contribution in [0.1, 0.15) is 5.56 Å². The molecule has 0 unspecified atom stereocenters. The van der Waals surface area contributed by atoms with Crippen molar-refractivity contribution in [3.63, 3.8) is 0 Å². The Bertz CT molecular complexity index is 616. The molecule has 0 fully saturated rings. The smallest absolute Gasteiger partial charge is 0.151 e. The van der Waals surface area contributed by atoms with Gasteiger partial charge in [-0.3, -0.25) is 0 Å². The van der Waals surface area contributed by atoms with Crippen LogP contribution in [0.25, 0.3) is 10.9 Å². The van der Waals surface area contributed by atoms with Crippen LogP contribution in [0.3, 0.4) is 0 Å². The molecule has 1 heterocycles. The van der Waals surface area contributed by atoms with Crippen molar-refractivity contribution in [2.75, 3.05) is 5.75 Å². The fraction of sp³-hybridized carbons (Fsp3) is 0.182. The van der Waals surface area contributed by atoms with E-state index in [1.165, 1.54) is 12.1 Å². The van der Waals surface area contributed by atoms with Crippen LogP contribution in [0.4, 0.5) is 4.39 Å². The van der Waals surface area contributed by atoms with Crippen molar-refractivity contribution in [3.8, 4) is 0 Å². The first kappa shape index (κ1) is 11.1. The molecule has 16 heavy (non-hydrogen) atoms. The van der Waals surface area contributed by atoms with E-state index < -0.39 is 9.84 Å². The molecular formula is C11H11FNO2S. The predicted octanol–water partition coefficient (Wildman–Crippen LogP) is 2.06. The maximum absolute atomic E-state index is 13.0. The van der Waals surface area contributed by atoms with E-state index in [4.69, 9.17) is 0 Å². The summed E-state index contributed by atoms with van der Waals surface area (Å²) in [6, 6.07) is 4.39. The lowest BCUT2D eigenvalue weighted by Crippen LogP contribution is -2.03. The van der Waals surface area contributed by atoms with Gasteiger partial charge in [-0.25, -0.2) is 12.8 Å². The van der Waals surface area contributed by atoms with Gasteiger partial charge in [-0.15, -0.1) is 0 Å². The number of halogens is 1. The Morgan fingerprint density at radius 2 is 2.12 bits per heavy atom. The Kier molecular flexibility index (Phi) is 2.71. The lowest BCUT2D eigenvalue weighted by Gasteiger charge is -1.98. The molecule has 5 heteroatoms. The number of aromatic nitrogens is 1. The van der Waals surface area contributed by atoms with Crippen molar-refractivity contribution in [2.45, 2.75) is 6.42 Å². The second-order valence-electron chi connectivity index (χ2n) is 3.70. The van der Waals surface area contributed by atoms with Gasteiger partial charge in [0.15, 0.2) is 9.84 Å². The van der Waals surface area contributed by atoms with E-state index in [9.17, 15) is 12.8 Å². The first-order chi connectivity index (χ1) is 7.46. The van der Waals surface area contributed by atoms with E-state index in [2.05, 4.69) is 11.2 Å². The van der Waals surface area contributed by atoms with Gasteiger partial charge in [0.25, 0.3) is 0 Å². The minimum Gasteiger partial charge on any atom is -0.361 e. The Balaban J connectivity index is 2.34. The average Bonchev–Trinajstić information content (AvgIpc) is 2.56. The molecule has 0 saturated carbocycles. The summed E-state index contributed by atoms with van der Waals surface area (Å²) in [6.07, 6.45) is 5.10. The molecule has 0 aliphatic heterocycles. The first-order valence-corrected chi connectivity index (χ1v) is 6.59. The Morgan fingerprint density at radius 3 is 2.81 bits per heavy atom. The van der Waals surface area contributed by atoms with Gasteiger partial charge in [-0.2, -0.15) is 0 Å². The van der Waals surface area contributed by atoms with Crippen molar-refractivity contribution in [1.29, 1.82) is 0 Å². The van der Waals surface area contributed by atoms with Gasteiger partial charge in [-0.05, 0) is 30.2 Å². The quantitative estimate of drug-likeness (QED) is 0.892. The SMILES string of the molecule is [CH2]S(=O)(=O)CCc1c[nH]c2ccc(F)cc12. The molecule has 1 aromatic carbocycles. The molecule has 0 spiro atoms. The van der Waals surface area contributed by atoms with Crippen LogP contribution < -0.4 is 0 Å². The van der Waals surface area contributed by atoms with Gasteiger partial charge in [-0.1, -0.05) is 0 Å². The van der Waals surface area contributed by atoms with E-state index in [1.807, 2.05) is 0 Å². The zero-order valence-electron chi connectivity index (χ0n) is 8.53. The van der Waals surface area contributed by atoms with Gasteiger partial charge in [0.2, 0.25) is 0 Å². The fourth-order valence-corrected chi connectivity index (χ4v) is 2.15. The first-order valence-electron chi connectivity index (χ1n) is 4.77. The zero-order chi connectivity index (χ0) is 11.8. The van der Waals surface area contributed by atoms with E-state index in [0.29, 0.717) is 6.42 Å². The molecule has 0 amide bonds. The number of fused-ring (bicyclic) bond motifs is 1. The summed E-state index contributed by atoms with van der Waals surface area (Å²) in [4.78, 5) is 2.97. The standard InChI is InChI=1S/C11H11FNO2S/c1-16(14,15)5-4-8-7-13-11-3-2-9(12)6-10(8)11/h2-3,6-7,13H,1,4-5H2. The summed E-state index contributed by atoms with van der Waals surface area (Å²) in [5, 5.41) is 0.726. The molecule has 1 aromatic heterocycles. The van der Waals surface area contributed by atoms with Gasteiger partial charge >= 0.3 is 0 Å². The largest absolute Gasteiger partial charge is 0.361 e. The molecular weight excluding hydrogens is 229 g/mol. The second kappa shape index (κ2) is 3.90. The van der Waals surface area contributed by atoms with Crippen LogP contribution in [-0.4, -0.2) is 19.2 Å². The third-order valence-electron chi connectivity index (χ3n) is 2.41. The predicted molar refractivity (Wildman–Crippen MR) is 61.1 cm³/mol. The molecule has 85 valence electrons. The third kappa shape index (κ3) is 2.41.